The normalized spacial score (nSPS) is 13.1. The maximum absolute atomic E-state index is 13.0. The number of rotatable bonds is 4. The largest absolute Gasteiger partial charge is 0.481 e. The first-order valence-electron chi connectivity index (χ1n) is 6.17. The van der Waals surface area contributed by atoms with Crippen LogP contribution in [0.3, 0.4) is 0 Å². The van der Waals surface area contributed by atoms with Gasteiger partial charge in [-0.3, -0.25) is 4.79 Å². The number of halogens is 4. The number of alkyl halides is 3. The molecule has 0 aliphatic rings. The molecule has 7 heteroatoms. The van der Waals surface area contributed by atoms with Gasteiger partial charge in [0.1, 0.15) is 0 Å². The lowest BCUT2D eigenvalue weighted by atomic mass is 9.74. The summed E-state index contributed by atoms with van der Waals surface area (Å²) in [5, 5.41) is 12.0. The molecule has 0 bridgehead atoms. The lowest BCUT2D eigenvalue weighted by Crippen LogP contribution is -2.50. The number of carboxylic acids is 1. The molecular formula is C14H17BrF3NO2. The molecule has 118 valence electrons. The van der Waals surface area contributed by atoms with E-state index in [1.165, 1.54) is 26.0 Å². The van der Waals surface area contributed by atoms with E-state index in [1.807, 2.05) is 0 Å². The summed E-state index contributed by atoms with van der Waals surface area (Å²) in [5.41, 5.74) is -3.35. The third-order valence-corrected chi connectivity index (χ3v) is 4.32. The van der Waals surface area contributed by atoms with E-state index in [0.29, 0.717) is 4.47 Å². The minimum atomic E-state index is -4.52. The zero-order valence-corrected chi connectivity index (χ0v) is 13.7. The van der Waals surface area contributed by atoms with Gasteiger partial charge in [-0.1, -0.05) is 15.9 Å². The zero-order chi connectivity index (χ0) is 16.6. The highest BCUT2D eigenvalue weighted by Crippen LogP contribution is 2.40. The van der Waals surface area contributed by atoms with Gasteiger partial charge < -0.3 is 10.4 Å². The van der Waals surface area contributed by atoms with Crippen molar-refractivity contribution in [3.05, 3.63) is 28.2 Å². The Kier molecular flexibility index (Phi) is 4.68. The van der Waals surface area contributed by atoms with E-state index < -0.39 is 28.7 Å². The van der Waals surface area contributed by atoms with Crippen molar-refractivity contribution < 1.29 is 23.1 Å². The molecule has 1 aromatic carbocycles. The molecule has 0 aromatic heterocycles. The van der Waals surface area contributed by atoms with Crippen molar-refractivity contribution in [1.82, 2.24) is 0 Å². The number of hydrogen-bond donors (Lipinski definition) is 2. The van der Waals surface area contributed by atoms with Gasteiger partial charge in [-0.25, -0.2) is 0 Å². The van der Waals surface area contributed by atoms with E-state index in [-0.39, 0.29) is 5.69 Å². The van der Waals surface area contributed by atoms with Gasteiger partial charge >= 0.3 is 12.1 Å². The van der Waals surface area contributed by atoms with Crippen LogP contribution >= 0.6 is 15.9 Å². The van der Waals surface area contributed by atoms with Crippen LogP contribution in [0.2, 0.25) is 0 Å². The fourth-order valence-electron chi connectivity index (χ4n) is 1.63. The minimum Gasteiger partial charge on any atom is -0.481 e. The Labute approximate surface area is 129 Å². The molecule has 0 radical (unpaired) electrons. The SMILES string of the molecule is CC(C)(Nc1cc(Br)ccc1C(F)(F)F)C(C)(C)C(=O)O. The molecule has 0 fully saturated rings. The number of aliphatic carboxylic acids is 1. The second kappa shape index (κ2) is 5.51. The summed E-state index contributed by atoms with van der Waals surface area (Å²) in [4.78, 5) is 11.3. The fourth-order valence-corrected chi connectivity index (χ4v) is 1.99. The van der Waals surface area contributed by atoms with Crippen molar-refractivity contribution in [1.29, 1.82) is 0 Å². The molecule has 3 nitrogen and oxygen atoms in total. The van der Waals surface area contributed by atoms with Gasteiger partial charge in [0, 0.05) is 15.7 Å². The molecule has 0 saturated carbocycles. The maximum atomic E-state index is 13.0. The molecular weight excluding hydrogens is 351 g/mol. The summed E-state index contributed by atoms with van der Waals surface area (Å²) in [5.74, 6) is -1.09. The van der Waals surface area contributed by atoms with E-state index >= 15 is 0 Å². The highest BCUT2D eigenvalue weighted by molar-refractivity contribution is 9.10. The van der Waals surface area contributed by atoms with Crippen LogP contribution in [0.15, 0.2) is 22.7 Å². The monoisotopic (exact) mass is 367 g/mol. The molecule has 0 saturated heterocycles. The lowest BCUT2D eigenvalue weighted by molar-refractivity contribution is -0.149. The summed E-state index contributed by atoms with van der Waals surface area (Å²) in [7, 11) is 0. The smallest absolute Gasteiger partial charge is 0.418 e. The molecule has 0 aliphatic heterocycles. The summed E-state index contributed by atoms with van der Waals surface area (Å²) in [6.07, 6.45) is -4.52. The Balaban J connectivity index is 3.30. The number of carbonyl (C=O) groups is 1. The van der Waals surface area contributed by atoms with Gasteiger partial charge in [0.2, 0.25) is 0 Å². The quantitative estimate of drug-likeness (QED) is 0.805. The number of nitrogens with one attached hydrogen (secondary N) is 1. The van der Waals surface area contributed by atoms with Crippen LogP contribution in [0.4, 0.5) is 18.9 Å². The van der Waals surface area contributed by atoms with E-state index in [9.17, 15) is 23.1 Å². The Hall–Kier alpha value is -1.24. The average molecular weight is 368 g/mol. The highest BCUT2D eigenvalue weighted by atomic mass is 79.9. The number of hydrogen-bond acceptors (Lipinski definition) is 2. The Bertz CT molecular complexity index is 554. The van der Waals surface area contributed by atoms with Crippen molar-refractivity contribution in [3.63, 3.8) is 0 Å². The summed E-state index contributed by atoms with van der Waals surface area (Å²) >= 11 is 3.13. The summed E-state index contributed by atoms with van der Waals surface area (Å²) in [6, 6.07) is 3.54. The van der Waals surface area contributed by atoms with Gasteiger partial charge in [0.15, 0.2) is 0 Å². The molecule has 0 aliphatic carbocycles. The average Bonchev–Trinajstić information content (AvgIpc) is 2.25. The van der Waals surface area contributed by atoms with Crippen LogP contribution in [-0.2, 0) is 11.0 Å². The molecule has 0 heterocycles. The van der Waals surface area contributed by atoms with E-state index in [0.717, 1.165) is 6.07 Å². The number of anilines is 1. The van der Waals surface area contributed by atoms with Crippen LogP contribution in [-0.4, -0.2) is 16.6 Å². The van der Waals surface area contributed by atoms with Crippen LogP contribution in [0.5, 0.6) is 0 Å². The van der Waals surface area contributed by atoms with Gasteiger partial charge in [0.25, 0.3) is 0 Å². The fraction of sp³-hybridized carbons (Fsp3) is 0.500. The van der Waals surface area contributed by atoms with E-state index in [2.05, 4.69) is 21.2 Å². The molecule has 0 unspecified atom stereocenters. The molecule has 2 N–H and O–H groups in total. The van der Waals surface area contributed by atoms with E-state index in [1.54, 1.807) is 13.8 Å². The molecule has 0 spiro atoms. The van der Waals surface area contributed by atoms with Gasteiger partial charge in [-0.05, 0) is 45.9 Å². The molecule has 1 rings (SSSR count). The van der Waals surface area contributed by atoms with Crippen molar-refractivity contribution in [2.45, 2.75) is 39.4 Å². The van der Waals surface area contributed by atoms with Crippen molar-refractivity contribution in [2.75, 3.05) is 5.32 Å². The van der Waals surface area contributed by atoms with Crippen LogP contribution in [0, 0.1) is 5.41 Å². The third kappa shape index (κ3) is 3.70. The predicted octanol–water partition coefficient (Wildman–Crippen LogP) is 4.77. The van der Waals surface area contributed by atoms with Gasteiger partial charge in [0.05, 0.1) is 11.0 Å². The van der Waals surface area contributed by atoms with Crippen LogP contribution in [0.25, 0.3) is 0 Å². The highest BCUT2D eigenvalue weighted by Gasteiger charge is 2.45. The molecule has 0 amide bonds. The lowest BCUT2D eigenvalue weighted by Gasteiger charge is -2.40. The van der Waals surface area contributed by atoms with Gasteiger partial charge in [-0.15, -0.1) is 0 Å². The van der Waals surface area contributed by atoms with Crippen LogP contribution < -0.4 is 5.32 Å². The van der Waals surface area contributed by atoms with Crippen LogP contribution in [0.1, 0.15) is 33.3 Å². The van der Waals surface area contributed by atoms with Crippen molar-refractivity contribution >= 4 is 27.6 Å². The van der Waals surface area contributed by atoms with E-state index in [4.69, 9.17) is 0 Å². The Morgan fingerprint density at radius 2 is 1.71 bits per heavy atom. The zero-order valence-electron chi connectivity index (χ0n) is 12.1. The first-order valence-corrected chi connectivity index (χ1v) is 6.96. The standard InChI is InChI=1S/C14H17BrF3NO2/c1-12(2,11(20)21)13(3,4)19-10-7-8(15)5-6-9(10)14(16,17)18/h5-7,19H,1-4H3,(H,20,21). The Morgan fingerprint density at radius 1 is 1.19 bits per heavy atom. The van der Waals surface area contributed by atoms with Crippen molar-refractivity contribution in [2.24, 2.45) is 5.41 Å². The topological polar surface area (TPSA) is 49.3 Å². The number of benzene rings is 1. The summed E-state index contributed by atoms with van der Waals surface area (Å²) in [6.45, 7) is 6.05. The molecule has 21 heavy (non-hydrogen) atoms. The first-order chi connectivity index (χ1) is 9.29. The second-order valence-electron chi connectivity index (χ2n) is 5.87. The van der Waals surface area contributed by atoms with Gasteiger partial charge in [-0.2, -0.15) is 13.2 Å². The molecule has 1 aromatic rings. The van der Waals surface area contributed by atoms with Crippen molar-refractivity contribution in [3.8, 4) is 0 Å². The summed E-state index contributed by atoms with van der Waals surface area (Å²) < 4.78 is 39.6. The first kappa shape index (κ1) is 17.8. The second-order valence-corrected chi connectivity index (χ2v) is 6.78. The maximum Gasteiger partial charge on any atom is 0.418 e. The third-order valence-electron chi connectivity index (χ3n) is 3.83. The number of carboxylic acid groups (broad SMARTS) is 1. The molecule has 0 atom stereocenters. The Morgan fingerprint density at radius 3 is 2.14 bits per heavy atom. The minimum absolute atomic E-state index is 0.156. The predicted molar refractivity (Wildman–Crippen MR) is 78.3 cm³/mol.